The van der Waals surface area contributed by atoms with Crippen LogP contribution in [-0.4, -0.2) is 40.9 Å². The summed E-state index contributed by atoms with van der Waals surface area (Å²) in [5.74, 6) is 0.718. The fourth-order valence-electron chi connectivity index (χ4n) is 4.86. The number of nitrogens with one attached hydrogen (secondary N) is 1. The molecule has 3 aromatic rings. The third-order valence-electron chi connectivity index (χ3n) is 6.47. The van der Waals surface area contributed by atoms with E-state index in [4.69, 9.17) is 16.6 Å². The number of hydrogen-bond acceptors (Lipinski definition) is 4. The quantitative estimate of drug-likeness (QED) is 0.662. The van der Waals surface area contributed by atoms with Gasteiger partial charge < -0.3 is 10.2 Å². The maximum absolute atomic E-state index is 13.0. The molecule has 1 fully saturated rings. The Morgan fingerprint density at radius 3 is 2.57 bits per heavy atom. The SMILES string of the molecule is CNc1ncc2c(n1)-c1ccccc1C1(CCN(C(=O)c3ccc(Cl)cc3)CC1)C2. The van der Waals surface area contributed by atoms with E-state index in [9.17, 15) is 4.79 Å². The van der Waals surface area contributed by atoms with Crippen molar-refractivity contribution in [3.63, 3.8) is 0 Å². The van der Waals surface area contributed by atoms with Gasteiger partial charge in [0.1, 0.15) is 0 Å². The van der Waals surface area contributed by atoms with Gasteiger partial charge in [0.05, 0.1) is 5.69 Å². The number of amides is 1. The zero-order chi connectivity index (χ0) is 20.7. The van der Waals surface area contributed by atoms with Crippen LogP contribution in [0.4, 0.5) is 5.95 Å². The maximum atomic E-state index is 13.0. The van der Waals surface area contributed by atoms with Gasteiger partial charge in [-0.3, -0.25) is 4.79 Å². The van der Waals surface area contributed by atoms with Crippen molar-refractivity contribution in [1.29, 1.82) is 0 Å². The molecule has 1 aliphatic carbocycles. The number of benzene rings is 2. The van der Waals surface area contributed by atoms with Crippen LogP contribution in [0.25, 0.3) is 11.3 Å². The van der Waals surface area contributed by atoms with Crippen molar-refractivity contribution in [2.45, 2.75) is 24.7 Å². The normalized spacial score (nSPS) is 16.7. The van der Waals surface area contributed by atoms with Crippen LogP contribution in [0.15, 0.2) is 54.7 Å². The largest absolute Gasteiger partial charge is 0.357 e. The molecule has 1 saturated heterocycles. The number of anilines is 1. The molecule has 0 atom stereocenters. The molecular weight excluding hydrogens is 396 g/mol. The van der Waals surface area contributed by atoms with Crippen LogP contribution in [0.5, 0.6) is 0 Å². The average molecular weight is 419 g/mol. The van der Waals surface area contributed by atoms with Gasteiger partial charge in [-0.15, -0.1) is 0 Å². The molecule has 1 aromatic heterocycles. The molecule has 152 valence electrons. The molecule has 0 unspecified atom stereocenters. The van der Waals surface area contributed by atoms with Crippen LogP contribution in [0.2, 0.25) is 5.02 Å². The molecular formula is C24H23ClN4O. The summed E-state index contributed by atoms with van der Waals surface area (Å²) >= 11 is 5.97. The van der Waals surface area contributed by atoms with Crippen LogP contribution < -0.4 is 5.32 Å². The summed E-state index contributed by atoms with van der Waals surface area (Å²) in [6.07, 6.45) is 4.72. The lowest BCUT2D eigenvalue weighted by atomic mass is 9.64. The average Bonchev–Trinajstić information content (AvgIpc) is 2.80. The second kappa shape index (κ2) is 7.40. The summed E-state index contributed by atoms with van der Waals surface area (Å²) in [4.78, 5) is 24.1. The number of carbonyl (C=O) groups is 1. The molecule has 2 aliphatic rings. The number of halogens is 1. The van der Waals surface area contributed by atoms with Gasteiger partial charge in [-0.1, -0.05) is 35.9 Å². The van der Waals surface area contributed by atoms with Crippen molar-refractivity contribution in [2.75, 3.05) is 25.5 Å². The van der Waals surface area contributed by atoms with Crippen molar-refractivity contribution in [1.82, 2.24) is 14.9 Å². The summed E-state index contributed by atoms with van der Waals surface area (Å²) in [5.41, 5.74) is 5.45. The van der Waals surface area contributed by atoms with Crippen molar-refractivity contribution < 1.29 is 4.79 Å². The molecule has 0 saturated carbocycles. The Kier molecular flexibility index (Phi) is 4.70. The number of nitrogens with zero attached hydrogens (tertiary/aromatic N) is 3. The van der Waals surface area contributed by atoms with E-state index in [0.29, 0.717) is 16.5 Å². The van der Waals surface area contributed by atoms with E-state index in [1.165, 1.54) is 16.7 Å². The minimum atomic E-state index is 0.0187. The van der Waals surface area contributed by atoms with Crippen LogP contribution in [0, 0.1) is 0 Å². The Labute approximate surface area is 181 Å². The van der Waals surface area contributed by atoms with E-state index in [1.54, 1.807) is 24.3 Å². The first-order chi connectivity index (χ1) is 14.6. The van der Waals surface area contributed by atoms with Crippen LogP contribution in [-0.2, 0) is 11.8 Å². The van der Waals surface area contributed by atoms with Gasteiger partial charge in [-0.25, -0.2) is 9.97 Å². The van der Waals surface area contributed by atoms with Crippen molar-refractivity contribution in [2.24, 2.45) is 0 Å². The summed E-state index contributed by atoms with van der Waals surface area (Å²) in [6.45, 7) is 1.47. The van der Waals surface area contributed by atoms with E-state index in [-0.39, 0.29) is 11.3 Å². The van der Waals surface area contributed by atoms with E-state index in [1.807, 2.05) is 18.1 Å². The van der Waals surface area contributed by atoms with Crippen molar-refractivity contribution in [3.8, 4) is 11.3 Å². The molecule has 1 spiro atoms. The molecule has 2 aromatic carbocycles. The summed E-state index contributed by atoms with van der Waals surface area (Å²) in [5, 5.41) is 3.69. The van der Waals surface area contributed by atoms with Gasteiger partial charge in [0.2, 0.25) is 5.95 Å². The highest BCUT2D eigenvalue weighted by molar-refractivity contribution is 6.30. The lowest BCUT2D eigenvalue weighted by Crippen LogP contribution is -2.47. The van der Waals surface area contributed by atoms with Crippen LogP contribution in [0.1, 0.15) is 34.3 Å². The van der Waals surface area contributed by atoms with E-state index < -0.39 is 0 Å². The van der Waals surface area contributed by atoms with Crippen LogP contribution in [0.3, 0.4) is 0 Å². The van der Waals surface area contributed by atoms with Gasteiger partial charge in [0.25, 0.3) is 5.91 Å². The van der Waals surface area contributed by atoms with Gasteiger partial charge in [0, 0.05) is 47.9 Å². The highest BCUT2D eigenvalue weighted by Gasteiger charge is 2.42. The number of aromatic nitrogens is 2. The lowest BCUT2D eigenvalue weighted by Gasteiger charge is -2.45. The number of carbonyl (C=O) groups excluding carboxylic acids is 1. The Morgan fingerprint density at radius 2 is 1.83 bits per heavy atom. The minimum Gasteiger partial charge on any atom is -0.357 e. The second-order valence-corrected chi connectivity index (χ2v) is 8.56. The standard InChI is InChI=1S/C24H23ClN4O/c1-26-23-27-15-17-14-24(20-5-3-2-4-19(20)21(17)28-23)10-12-29(13-11-24)22(30)16-6-8-18(25)9-7-16/h2-9,15H,10-14H2,1H3,(H,26,27,28). The number of hydrogen-bond donors (Lipinski definition) is 1. The fourth-order valence-corrected chi connectivity index (χ4v) is 4.99. The summed E-state index contributed by atoms with van der Waals surface area (Å²) in [6, 6.07) is 15.7. The molecule has 30 heavy (non-hydrogen) atoms. The third kappa shape index (κ3) is 3.14. The first-order valence-electron chi connectivity index (χ1n) is 10.3. The minimum absolute atomic E-state index is 0.0187. The van der Waals surface area contributed by atoms with Crippen LogP contribution >= 0.6 is 11.6 Å². The number of piperidine rings is 1. The smallest absolute Gasteiger partial charge is 0.253 e. The molecule has 6 heteroatoms. The zero-order valence-corrected chi connectivity index (χ0v) is 17.6. The predicted molar refractivity (Wildman–Crippen MR) is 119 cm³/mol. The molecule has 1 amide bonds. The van der Waals surface area contributed by atoms with E-state index in [2.05, 4.69) is 34.6 Å². The molecule has 1 aliphatic heterocycles. The molecule has 0 bridgehead atoms. The number of likely N-dealkylation sites (tertiary alicyclic amines) is 1. The third-order valence-corrected chi connectivity index (χ3v) is 6.72. The van der Waals surface area contributed by atoms with Gasteiger partial charge in [-0.2, -0.15) is 0 Å². The Bertz CT molecular complexity index is 1100. The number of rotatable bonds is 2. The Hall–Kier alpha value is -2.92. The number of fused-ring (bicyclic) bond motifs is 4. The zero-order valence-electron chi connectivity index (χ0n) is 16.9. The first kappa shape index (κ1) is 19.1. The summed E-state index contributed by atoms with van der Waals surface area (Å²) in [7, 11) is 1.84. The predicted octanol–water partition coefficient (Wildman–Crippen LogP) is 4.57. The molecule has 0 radical (unpaired) electrons. The van der Waals surface area contributed by atoms with E-state index >= 15 is 0 Å². The van der Waals surface area contributed by atoms with Gasteiger partial charge in [-0.05, 0) is 54.7 Å². The van der Waals surface area contributed by atoms with Gasteiger partial charge >= 0.3 is 0 Å². The molecule has 1 N–H and O–H groups in total. The molecule has 2 heterocycles. The topological polar surface area (TPSA) is 58.1 Å². The Morgan fingerprint density at radius 1 is 1.10 bits per heavy atom. The highest BCUT2D eigenvalue weighted by Crippen LogP contribution is 2.48. The highest BCUT2D eigenvalue weighted by atomic mass is 35.5. The van der Waals surface area contributed by atoms with Crippen molar-refractivity contribution >= 4 is 23.5 Å². The summed E-state index contributed by atoms with van der Waals surface area (Å²) < 4.78 is 0. The maximum Gasteiger partial charge on any atom is 0.253 e. The van der Waals surface area contributed by atoms with E-state index in [0.717, 1.165) is 38.0 Å². The first-order valence-corrected chi connectivity index (χ1v) is 10.7. The molecule has 5 nitrogen and oxygen atoms in total. The molecule has 5 rings (SSSR count). The Balaban J connectivity index is 1.43. The fraction of sp³-hybridized carbons (Fsp3) is 0.292. The monoisotopic (exact) mass is 418 g/mol. The van der Waals surface area contributed by atoms with Gasteiger partial charge in [0.15, 0.2) is 0 Å². The lowest BCUT2D eigenvalue weighted by molar-refractivity contribution is 0.0664. The van der Waals surface area contributed by atoms with Crippen molar-refractivity contribution in [3.05, 3.63) is 76.4 Å². The second-order valence-electron chi connectivity index (χ2n) is 8.12.